The lowest BCUT2D eigenvalue weighted by Gasteiger charge is -2.34. The highest BCUT2D eigenvalue weighted by Crippen LogP contribution is 2.27. The van der Waals surface area contributed by atoms with Crippen LogP contribution in [0.15, 0.2) is 36.5 Å². The van der Waals surface area contributed by atoms with E-state index in [9.17, 15) is 19.6 Å². The molecule has 11 nitrogen and oxygen atoms in total. The minimum Gasteiger partial charge on any atom is -0.474 e. The van der Waals surface area contributed by atoms with Crippen molar-refractivity contribution < 1.29 is 33.0 Å². The fraction of sp³-hybridized carbons (Fsp3) is 0.571. The number of carbonyl (C=O) groups excluding carboxylic acids is 3. The summed E-state index contributed by atoms with van der Waals surface area (Å²) in [4.78, 5) is 45.9. The minimum atomic E-state index is -1.11. The van der Waals surface area contributed by atoms with E-state index in [4.69, 9.17) is 14.2 Å². The van der Waals surface area contributed by atoms with E-state index in [0.29, 0.717) is 49.5 Å². The van der Waals surface area contributed by atoms with E-state index < -0.39 is 35.5 Å². The molecule has 0 saturated carbocycles. The van der Waals surface area contributed by atoms with Gasteiger partial charge in [-0.15, -0.1) is 0 Å². The van der Waals surface area contributed by atoms with Crippen LogP contribution in [0, 0.1) is 23.1 Å². The van der Waals surface area contributed by atoms with Gasteiger partial charge in [-0.2, -0.15) is 5.26 Å². The monoisotopic (exact) mass is 651 g/mol. The van der Waals surface area contributed by atoms with Gasteiger partial charge in [0, 0.05) is 43.9 Å². The third-order valence-electron chi connectivity index (χ3n) is 8.33. The van der Waals surface area contributed by atoms with Crippen molar-refractivity contribution in [3.05, 3.63) is 47.9 Å². The van der Waals surface area contributed by atoms with Crippen molar-refractivity contribution in [1.82, 2.24) is 20.1 Å². The molecule has 2 aliphatic rings. The molecule has 254 valence electrons. The molecule has 2 saturated heterocycles. The van der Waals surface area contributed by atoms with Gasteiger partial charge in [-0.3, -0.25) is 4.79 Å². The van der Waals surface area contributed by atoms with Crippen LogP contribution < -0.4 is 10.1 Å². The normalized spacial score (nSPS) is 18.3. The molecule has 3 heterocycles. The molecule has 3 amide bonds. The van der Waals surface area contributed by atoms with Gasteiger partial charge in [0.15, 0.2) is 0 Å². The zero-order valence-electron chi connectivity index (χ0n) is 28.1. The first kappa shape index (κ1) is 35.5. The van der Waals surface area contributed by atoms with Crippen LogP contribution in [-0.2, 0) is 20.7 Å². The highest BCUT2D eigenvalue weighted by atomic mass is 19.1. The SMILES string of the molecule is CC(C)OC(=O)N1CCC(C(C)Oc2ccc(-c3ccc(CC(NC(=O)OC(C)(C)C)C(=O)N4CCC[C@H]4C#N)c(F)c3)cn2)CC1. The molecule has 1 N–H and O–H groups in total. The number of likely N-dealkylation sites (tertiary alicyclic amines) is 2. The predicted molar refractivity (Wildman–Crippen MR) is 173 cm³/mol. The van der Waals surface area contributed by atoms with Crippen LogP contribution in [0.25, 0.3) is 11.1 Å². The number of rotatable bonds is 9. The highest BCUT2D eigenvalue weighted by Gasteiger charge is 2.35. The number of carbonyl (C=O) groups is 3. The van der Waals surface area contributed by atoms with E-state index in [-0.39, 0.29) is 36.2 Å². The second-order valence-corrected chi connectivity index (χ2v) is 13.5. The number of piperidine rings is 1. The van der Waals surface area contributed by atoms with Crippen molar-refractivity contribution in [1.29, 1.82) is 5.26 Å². The molecule has 0 bridgehead atoms. The van der Waals surface area contributed by atoms with E-state index in [1.165, 1.54) is 11.0 Å². The third kappa shape index (κ3) is 9.80. The standard InChI is InChI=1S/C35H46FN5O6/c1-22(2)45-34(44)40-16-13-24(14-17-40)23(3)46-31-12-11-27(21-38-31)25-9-10-26(29(36)18-25)19-30(39-33(43)47-35(4,5)6)32(42)41-15-7-8-28(41)20-37/h9-12,18,21-24,28,30H,7-8,13-17,19H2,1-6H3,(H,39,43)/t23?,28-,30?/m0/s1. The van der Waals surface area contributed by atoms with Crippen LogP contribution in [0.3, 0.4) is 0 Å². The number of alkyl carbamates (subject to hydrolysis) is 1. The summed E-state index contributed by atoms with van der Waals surface area (Å²) in [5, 5.41) is 12.1. The van der Waals surface area contributed by atoms with E-state index in [1.807, 2.05) is 20.8 Å². The average Bonchev–Trinajstić information content (AvgIpc) is 3.49. The summed E-state index contributed by atoms with van der Waals surface area (Å²) in [7, 11) is 0. The minimum absolute atomic E-state index is 0.109. The number of ether oxygens (including phenoxy) is 3. The quantitative estimate of drug-likeness (QED) is 0.356. The van der Waals surface area contributed by atoms with Gasteiger partial charge in [-0.1, -0.05) is 12.1 Å². The fourth-order valence-corrected chi connectivity index (χ4v) is 5.86. The summed E-state index contributed by atoms with van der Waals surface area (Å²) in [5.74, 6) is -0.274. The van der Waals surface area contributed by atoms with Crippen LogP contribution in [0.1, 0.15) is 72.8 Å². The Hall–Kier alpha value is -4.40. The Labute approximate surface area is 276 Å². The van der Waals surface area contributed by atoms with Crippen molar-refractivity contribution >= 4 is 18.1 Å². The molecule has 1 aromatic heterocycles. The zero-order valence-corrected chi connectivity index (χ0v) is 28.1. The van der Waals surface area contributed by atoms with Gasteiger partial charge in [-0.25, -0.2) is 19.0 Å². The molecule has 47 heavy (non-hydrogen) atoms. The summed E-state index contributed by atoms with van der Waals surface area (Å²) in [6, 6.07) is 8.68. The number of nitriles is 1. The second kappa shape index (κ2) is 15.5. The molecule has 1 aromatic carbocycles. The number of pyridine rings is 1. The molecule has 3 atom stereocenters. The van der Waals surface area contributed by atoms with Gasteiger partial charge >= 0.3 is 12.2 Å². The first-order chi connectivity index (χ1) is 22.2. The maximum absolute atomic E-state index is 15.5. The molecule has 2 unspecified atom stereocenters. The Morgan fingerprint density at radius 2 is 1.77 bits per heavy atom. The molecule has 0 spiro atoms. The first-order valence-corrected chi connectivity index (χ1v) is 16.3. The lowest BCUT2D eigenvalue weighted by atomic mass is 9.92. The largest absolute Gasteiger partial charge is 0.474 e. The van der Waals surface area contributed by atoms with Crippen molar-refractivity contribution in [3.8, 4) is 23.1 Å². The van der Waals surface area contributed by atoms with Crippen molar-refractivity contribution in [2.24, 2.45) is 5.92 Å². The summed E-state index contributed by atoms with van der Waals surface area (Å²) in [6.45, 7) is 12.4. The summed E-state index contributed by atoms with van der Waals surface area (Å²) >= 11 is 0. The Balaban J connectivity index is 1.39. The number of hydrogen-bond donors (Lipinski definition) is 1. The molecule has 4 rings (SSSR count). The molecule has 0 radical (unpaired) electrons. The third-order valence-corrected chi connectivity index (χ3v) is 8.33. The zero-order chi connectivity index (χ0) is 34.3. The molecule has 2 aliphatic heterocycles. The van der Waals surface area contributed by atoms with E-state index in [0.717, 1.165) is 12.8 Å². The highest BCUT2D eigenvalue weighted by molar-refractivity contribution is 5.87. The van der Waals surface area contributed by atoms with Gasteiger partial charge in [0.25, 0.3) is 0 Å². The Kier molecular flexibility index (Phi) is 11.7. The maximum Gasteiger partial charge on any atom is 0.410 e. The number of hydrogen-bond acceptors (Lipinski definition) is 8. The molecule has 0 aliphatic carbocycles. The van der Waals surface area contributed by atoms with Gasteiger partial charge in [0.2, 0.25) is 11.8 Å². The average molecular weight is 652 g/mol. The molecule has 2 aromatic rings. The summed E-state index contributed by atoms with van der Waals surface area (Å²) in [6.07, 6.45) is 3.00. The maximum atomic E-state index is 15.5. The Morgan fingerprint density at radius 3 is 2.36 bits per heavy atom. The smallest absolute Gasteiger partial charge is 0.410 e. The van der Waals surface area contributed by atoms with Gasteiger partial charge < -0.3 is 29.3 Å². The van der Waals surface area contributed by atoms with Crippen molar-refractivity contribution in [3.63, 3.8) is 0 Å². The number of benzene rings is 1. The molecule has 2 fully saturated rings. The van der Waals surface area contributed by atoms with Crippen molar-refractivity contribution in [2.45, 2.75) is 104 Å². The van der Waals surface area contributed by atoms with E-state index in [2.05, 4.69) is 16.4 Å². The van der Waals surface area contributed by atoms with Gasteiger partial charge in [0.05, 0.1) is 12.2 Å². The van der Waals surface area contributed by atoms with Crippen LogP contribution in [0.5, 0.6) is 5.88 Å². The first-order valence-electron chi connectivity index (χ1n) is 16.3. The van der Waals surface area contributed by atoms with E-state index >= 15 is 4.39 Å². The van der Waals surface area contributed by atoms with E-state index in [1.54, 1.807) is 56.1 Å². The molecular formula is C35H46FN5O6. The van der Waals surface area contributed by atoms with Crippen LogP contribution in [0.2, 0.25) is 0 Å². The topological polar surface area (TPSA) is 134 Å². The summed E-state index contributed by atoms with van der Waals surface area (Å²) in [5.41, 5.74) is 0.718. The lowest BCUT2D eigenvalue weighted by molar-refractivity contribution is -0.133. The second-order valence-electron chi connectivity index (χ2n) is 13.5. The summed E-state index contributed by atoms with van der Waals surface area (Å²) < 4.78 is 32.3. The number of halogens is 1. The molecular weight excluding hydrogens is 605 g/mol. The lowest BCUT2D eigenvalue weighted by Crippen LogP contribution is -2.51. The predicted octanol–water partition coefficient (Wildman–Crippen LogP) is 5.86. The Morgan fingerprint density at radius 1 is 1.06 bits per heavy atom. The van der Waals surface area contributed by atoms with Crippen LogP contribution in [-0.4, -0.2) is 82.4 Å². The fourth-order valence-electron chi connectivity index (χ4n) is 5.86. The number of nitrogens with one attached hydrogen (secondary N) is 1. The number of aromatic nitrogens is 1. The van der Waals surface area contributed by atoms with Crippen LogP contribution >= 0.6 is 0 Å². The Bertz CT molecular complexity index is 1450. The molecule has 12 heteroatoms. The van der Waals surface area contributed by atoms with Gasteiger partial charge in [-0.05, 0) is 96.4 Å². The number of amides is 3. The van der Waals surface area contributed by atoms with Crippen molar-refractivity contribution in [2.75, 3.05) is 19.6 Å². The van der Waals surface area contributed by atoms with Crippen LogP contribution in [0.4, 0.5) is 14.0 Å². The number of nitrogens with zero attached hydrogens (tertiary/aromatic N) is 4. The van der Waals surface area contributed by atoms with Gasteiger partial charge in [0.1, 0.15) is 29.6 Å².